The summed E-state index contributed by atoms with van der Waals surface area (Å²) in [5, 5.41) is 2.96. The van der Waals surface area contributed by atoms with Crippen LogP contribution in [0.25, 0.3) is 0 Å². The number of carbonyl (C=O) groups excluding carboxylic acids is 2. The molecule has 1 saturated heterocycles. The summed E-state index contributed by atoms with van der Waals surface area (Å²) in [6.45, 7) is 8.47. The Hall–Kier alpha value is -2.62. The average Bonchev–Trinajstić information content (AvgIpc) is 2.87. The second-order valence-electron chi connectivity index (χ2n) is 7.12. The number of benzene rings is 2. The molecule has 1 N–H and O–H groups in total. The number of amides is 2. The average molecular weight is 336 g/mol. The van der Waals surface area contributed by atoms with Crippen molar-refractivity contribution >= 4 is 23.2 Å². The summed E-state index contributed by atoms with van der Waals surface area (Å²) >= 11 is 0. The van der Waals surface area contributed by atoms with E-state index in [1.165, 1.54) is 0 Å². The van der Waals surface area contributed by atoms with Gasteiger partial charge in [0.15, 0.2) is 0 Å². The van der Waals surface area contributed by atoms with E-state index in [4.69, 9.17) is 0 Å². The van der Waals surface area contributed by atoms with Crippen molar-refractivity contribution in [3.63, 3.8) is 0 Å². The molecule has 2 aromatic rings. The summed E-state index contributed by atoms with van der Waals surface area (Å²) in [7, 11) is 0. The van der Waals surface area contributed by atoms with Crippen molar-refractivity contribution in [1.29, 1.82) is 0 Å². The van der Waals surface area contributed by atoms with E-state index in [-0.39, 0.29) is 24.2 Å². The zero-order chi connectivity index (χ0) is 18.1. The number of hydrogen-bond acceptors (Lipinski definition) is 2. The summed E-state index contributed by atoms with van der Waals surface area (Å²) < 4.78 is 0. The first-order valence-electron chi connectivity index (χ1n) is 8.59. The zero-order valence-corrected chi connectivity index (χ0v) is 15.2. The van der Waals surface area contributed by atoms with Crippen LogP contribution in [-0.2, 0) is 9.59 Å². The van der Waals surface area contributed by atoms with Crippen LogP contribution in [0.2, 0.25) is 0 Å². The minimum absolute atomic E-state index is 0.00516. The molecule has 0 bridgehead atoms. The van der Waals surface area contributed by atoms with Crippen LogP contribution in [0.5, 0.6) is 0 Å². The van der Waals surface area contributed by atoms with Gasteiger partial charge in [0.25, 0.3) is 0 Å². The molecular formula is C21H24N2O2. The zero-order valence-electron chi connectivity index (χ0n) is 15.2. The van der Waals surface area contributed by atoms with Gasteiger partial charge in [-0.25, -0.2) is 0 Å². The van der Waals surface area contributed by atoms with Crippen molar-refractivity contribution in [1.82, 2.24) is 0 Å². The Balaban J connectivity index is 1.74. The topological polar surface area (TPSA) is 49.4 Å². The standard InChI is InChI=1S/C21H24N2O2/c1-13-5-14(2)8-18(7-13)22-21(25)17-11-20(24)23(12-17)19-9-15(3)6-16(4)10-19/h5-10,17H,11-12H2,1-4H3,(H,22,25)/t17-/m1/s1. The first kappa shape index (κ1) is 17.2. The van der Waals surface area contributed by atoms with Crippen molar-refractivity contribution in [2.45, 2.75) is 34.1 Å². The number of carbonyl (C=O) groups is 2. The van der Waals surface area contributed by atoms with Crippen molar-refractivity contribution in [2.75, 3.05) is 16.8 Å². The number of aryl methyl sites for hydroxylation is 4. The third-order valence-electron chi connectivity index (χ3n) is 4.50. The lowest BCUT2D eigenvalue weighted by Gasteiger charge is -2.18. The van der Waals surface area contributed by atoms with Gasteiger partial charge in [-0.15, -0.1) is 0 Å². The normalized spacial score (nSPS) is 17.0. The molecule has 25 heavy (non-hydrogen) atoms. The molecule has 0 saturated carbocycles. The van der Waals surface area contributed by atoms with Crippen LogP contribution < -0.4 is 10.2 Å². The van der Waals surface area contributed by atoms with Gasteiger partial charge in [-0.05, 0) is 74.2 Å². The fourth-order valence-electron chi connectivity index (χ4n) is 3.53. The summed E-state index contributed by atoms with van der Waals surface area (Å²) in [6, 6.07) is 12.0. The Bertz CT molecular complexity index is 801. The predicted octanol–water partition coefficient (Wildman–Crippen LogP) is 3.91. The number of nitrogens with one attached hydrogen (secondary N) is 1. The van der Waals surface area contributed by atoms with E-state index in [9.17, 15) is 9.59 Å². The summed E-state index contributed by atoms with van der Waals surface area (Å²) in [4.78, 5) is 26.8. The minimum Gasteiger partial charge on any atom is -0.326 e. The van der Waals surface area contributed by atoms with E-state index < -0.39 is 0 Å². The van der Waals surface area contributed by atoms with Crippen molar-refractivity contribution in [3.05, 3.63) is 58.7 Å². The molecule has 1 aliphatic rings. The summed E-state index contributed by atoms with van der Waals surface area (Å²) in [5.74, 6) is -0.412. The Labute approximate surface area is 148 Å². The van der Waals surface area contributed by atoms with Gasteiger partial charge >= 0.3 is 0 Å². The number of nitrogens with zero attached hydrogens (tertiary/aromatic N) is 1. The van der Waals surface area contributed by atoms with Gasteiger partial charge < -0.3 is 10.2 Å². The molecule has 2 amide bonds. The van der Waals surface area contributed by atoms with Crippen molar-refractivity contribution in [2.24, 2.45) is 5.92 Å². The van der Waals surface area contributed by atoms with Gasteiger partial charge in [0, 0.05) is 24.3 Å². The van der Waals surface area contributed by atoms with Crippen LogP contribution in [0.4, 0.5) is 11.4 Å². The molecular weight excluding hydrogens is 312 g/mol. The van der Waals surface area contributed by atoms with E-state index in [1.54, 1.807) is 4.90 Å². The SMILES string of the molecule is Cc1cc(C)cc(NC(=O)[C@@H]2CC(=O)N(c3cc(C)cc(C)c3)C2)c1. The van der Waals surface area contributed by atoms with Gasteiger partial charge in [0.05, 0.1) is 5.92 Å². The molecule has 0 aromatic heterocycles. The highest BCUT2D eigenvalue weighted by Crippen LogP contribution is 2.28. The van der Waals surface area contributed by atoms with Crippen LogP contribution in [0, 0.1) is 33.6 Å². The molecule has 1 atom stereocenters. The molecule has 1 heterocycles. The van der Waals surface area contributed by atoms with E-state index in [0.717, 1.165) is 33.6 Å². The molecule has 3 rings (SSSR count). The highest BCUT2D eigenvalue weighted by atomic mass is 16.2. The first-order valence-corrected chi connectivity index (χ1v) is 8.59. The van der Waals surface area contributed by atoms with Gasteiger partial charge in [-0.2, -0.15) is 0 Å². The van der Waals surface area contributed by atoms with Gasteiger partial charge in [-0.1, -0.05) is 12.1 Å². The van der Waals surface area contributed by atoms with Gasteiger partial charge in [0.1, 0.15) is 0 Å². The molecule has 0 unspecified atom stereocenters. The summed E-state index contributed by atoms with van der Waals surface area (Å²) in [5.41, 5.74) is 6.12. The monoisotopic (exact) mass is 336 g/mol. The van der Waals surface area contributed by atoms with Crippen LogP contribution in [0.1, 0.15) is 28.7 Å². The van der Waals surface area contributed by atoms with Crippen LogP contribution in [0.15, 0.2) is 36.4 Å². The predicted molar refractivity (Wildman–Crippen MR) is 101 cm³/mol. The first-order chi connectivity index (χ1) is 11.8. The maximum absolute atomic E-state index is 12.6. The fourth-order valence-corrected chi connectivity index (χ4v) is 3.53. The molecule has 0 radical (unpaired) electrons. The molecule has 130 valence electrons. The lowest BCUT2D eigenvalue weighted by Crippen LogP contribution is -2.28. The largest absolute Gasteiger partial charge is 0.326 e. The fraction of sp³-hybridized carbons (Fsp3) is 0.333. The second-order valence-corrected chi connectivity index (χ2v) is 7.12. The maximum Gasteiger partial charge on any atom is 0.229 e. The minimum atomic E-state index is -0.325. The molecule has 4 heteroatoms. The molecule has 0 aliphatic carbocycles. The Morgan fingerprint density at radius 1 is 0.920 bits per heavy atom. The lowest BCUT2D eigenvalue weighted by molar-refractivity contribution is -0.122. The second kappa shape index (κ2) is 6.71. The quantitative estimate of drug-likeness (QED) is 0.924. The van der Waals surface area contributed by atoms with Gasteiger partial charge in [0.2, 0.25) is 11.8 Å². The van der Waals surface area contributed by atoms with Crippen molar-refractivity contribution in [3.8, 4) is 0 Å². The molecule has 0 spiro atoms. The molecule has 1 aliphatic heterocycles. The third kappa shape index (κ3) is 3.90. The molecule has 4 nitrogen and oxygen atoms in total. The van der Waals surface area contributed by atoms with Crippen molar-refractivity contribution < 1.29 is 9.59 Å². The van der Waals surface area contributed by atoms with E-state index in [1.807, 2.05) is 52.0 Å². The number of rotatable bonds is 3. The number of hydrogen-bond donors (Lipinski definition) is 1. The lowest BCUT2D eigenvalue weighted by atomic mass is 10.1. The van der Waals surface area contributed by atoms with E-state index in [0.29, 0.717) is 6.54 Å². The van der Waals surface area contributed by atoms with E-state index >= 15 is 0 Å². The van der Waals surface area contributed by atoms with Gasteiger partial charge in [-0.3, -0.25) is 9.59 Å². The summed E-state index contributed by atoms with van der Waals surface area (Å²) in [6.07, 6.45) is 0.254. The smallest absolute Gasteiger partial charge is 0.229 e. The van der Waals surface area contributed by atoms with Crippen LogP contribution >= 0.6 is 0 Å². The Morgan fingerprint density at radius 3 is 2.00 bits per heavy atom. The highest BCUT2D eigenvalue weighted by Gasteiger charge is 2.35. The van der Waals surface area contributed by atoms with Crippen LogP contribution in [0.3, 0.4) is 0 Å². The molecule has 1 fully saturated rings. The van der Waals surface area contributed by atoms with Crippen LogP contribution in [-0.4, -0.2) is 18.4 Å². The number of anilines is 2. The Morgan fingerprint density at radius 2 is 1.44 bits per heavy atom. The Kier molecular flexibility index (Phi) is 4.62. The maximum atomic E-state index is 12.6. The third-order valence-corrected chi connectivity index (χ3v) is 4.50. The van der Waals surface area contributed by atoms with E-state index in [2.05, 4.69) is 17.4 Å². The molecule has 2 aromatic carbocycles. The highest BCUT2D eigenvalue weighted by molar-refractivity contribution is 6.03.